The molecule has 0 aliphatic carbocycles. The molecule has 0 aromatic carbocycles. The molecule has 1 aromatic heterocycles. The van der Waals surface area contributed by atoms with Crippen molar-refractivity contribution >= 4 is 17.3 Å². The highest BCUT2D eigenvalue weighted by Gasteiger charge is 2.29. The molecule has 24 heavy (non-hydrogen) atoms. The number of thiophene rings is 1. The fraction of sp³-hybridized carbons (Fsp3) is 0.471. The van der Waals surface area contributed by atoms with Crippen molar-refractivity contribution in [3.8, 4) is 0 Å². The van der Waals surface area contributed by atoms with Gasteiger partial charge in [0.2, 0.25) is 12.0 Å². The van der Waals surface area contributed by atoms with E-state index in [1.54, 1.807) is 17.4 Å². The summed E-state index contributed by atoms with van der Waals surface area (Å²) in [5.41, 5.74) is 1.11. The molecule has 0 amide bonds. The summed E-state index contributed by atoms with van der Waals surface area (Å²) >= 11 is 1.60. The second-order valence-corrected chi connectivity index (χ2v) is 5.85. The Morgan fingerprint density at radius 2 is 2.33 bits per heavy atom. The molecular formula is C17H22O6S. The summed E-state index contributed by atoms with van der Waals surface area (Å²) in [5.74, 6) is -0.347. The monoisotopic (exact) mass is 354 g/mol. The van der Waals surface area contributed by atoms with E-state index in [4.69, 9.17) is 24.1 Å². The van der Waals surface area contributed by atoms with Crippen LogP contribution in [0.25, 0.3) is 0 Å². The Kier molecular flexibility index (Phi) is 7.97. The summed E-state index contributed by atoms with van der Waals surface area (Å²) in [6.07, 6.45) is 3.33. The summed E-state index contributed by atoms with van der Waals surface area (Å²) < 4.78 is 21.5. The topological polar surface area (TPSA) is 74.2 Å². The summed E-state index contributed by atoms with van der Waals surface area (Å²) in [4.78, 5) is 12.1. The Labute approximate surface area is 145 Å². The van der Waals surface area contributed by atoms with Crippen LogP contribution in [-0.2, 0) is 23.7 Å². The molecule has 0 radical (unpaired) electrons. The van der Waals surface area contributed by atoms with Crippen molar-refractivity contribution < 1.29 is 28.8 Å². The minimum Gasteiger partial charge on any atom is -0.458 e. The molecule has 0 saturated carbocycles. The van der Waals surface area contributed by atoms with Gasteiger partial charge < -0.3 is 24.1 Å². The van der Waals surface area contributed by atoms with E-state index in [9.17, 15) is 4.79 Å². The average molecular weight is 354 g/mol. The summed E-state index contributed by atoms with van der Waals surface area (Å²) in [6, 6.07) is 2.02. The summed E-state index contributed by atoms with van der Waals surface area (Å²) in [7, 11) is 0. The molecule has 0 spiro atoms. The van der Waals surface area contributed by atoms with E-state index in [1.807, 2.05) is 16.8 Å². The van der Waals surface area contributed by atoms with Crippen LogP contribution in [0, 0.1) is 0 Å². The van der Waals surface area contributed by atoms with Crippen LogP contribution in [0.5, 0.6) is 0 Å². The van der Waals surface area contributed by atoms with Gasteiger partial charge in [-0.3, -0.25) is 0 Å². The van der Waals surface area contributed by atoms with Crippen molar-refractivity contribution in [1.29, 1.82) is 0 Å². The minimum atomic E-state index is -0.552. The van der Waals surface area contributed by atoms with E-state index in [2.05, 4.69) is 6.58 Å². The SMILES string of the molecule is C=CCOC(=O)C1=CC(c2ccsc2)CC(OCCOCCO)O1. The number of esters is 1. The maximum atomic E-state index is 12.1. The Hall–Kier alpha value is -1.67. The summed E-state index contributed by atoms with van der Waals surface area (Å²) in [5, 5.41) is 12.7. The Bertz CT molecular complexity index is 539. The number of hydrogen-bond acceptors (Lipinski definition) is 7. The van der Waals surface area contributed by atoms with E-state index < -0.39 is 12.3 Å². The largest absolute Gasteiger partial charge is 0.458 e. The molecule has 2 rings (SSSR count). The van der Waals surface area contributed by atoms with E-state index in [0.717, 1.165) is 5.56 Å². The number of carbonyl (C=O) groups excluding carboxylic acids is 1. The third-order valence-corrected chi connectivity index (χ3v) is 4.03. The van der Waals surface area contributed by atoms with Gasteiger partial charge in [-0.05, 0) is 28.5 Å². The maximum Gasteiger partial charge on any atom is 0.373 e. The van der Waals surface area contributed by atoms with E-state index in [1.165, 1.54) is 6.08 Å². The molecule has 2 atom stereocenters. The zero-order valence-electron chi connectivity index (χ0n) is 13.4. The van der Waals surface area contributed by atoms with Crippen LogP contribution >= 0.6 is 11.3 Å². The molecule has 0 fully saturated rings. The summed E-state index contributed by atoms with van der Waals surface area (Å²) in [6.45, 7) is 4.56. The van der Waals surface area contributed by atoms with E-state index in [0.29, 0.717) is 19.6 Å². The van der Waals surface area contributed by atoms with Gasteiger partial charge in [-0.2, -0.15) is 11.3 Å². The molecule has 2 heterocycles. The van der Waals surface area contributed by atoms with Gasteiger partial charge in [-0.1, -0.05) is 12.7 Å². The van der Waals surface area contributed by atoms with Crippen LogP contribution in [0.3, 0.4) is 0 Å². The predicted molar refractivity (Wildman–Crippen MR) is 89.6 cm³/mol. The van der Waals surface area contributed by atoms with Gasteiger partial charge in [0, 0.05) is 12.3 Å². The van der Waals surface area contributed by atoms with Gasteiger partial charge in [0.1, 0.15) is 6.61 Å². The average Bonchev–Trinajstić information content (AvgIpc) is 3.14. The zero-order valence-corrected chi connectivity index (χ0v) is 14.2. The highest BCUT2D eigenvalue weighted by Crippen LogP contribution is 2.32. The van der Waals surface area contributed by atoms with Crippen LogP contribution in [-0.4, -0.2) is 50.4 Å². The molecule has 2 unspecified atom stereocenters. The number of hydrogen-bond donors (Lipinski definition) is 1. The van der Waals surface area contributed by atoms with Gasteiger partial charge >= 0.3 is 5.97 Å². The Morgan fingerprint density at radius 3 is 3.04 bits per heavy atom. The Morgan fingerprint density at radius 1 is 1.46 bits per heavy atom. The quantitative estimate of drug-likeness (QED) is 0.394. The molecule has 132 valence electrons. The fourth-order valence-corrected chi connectivity index (χ4v) is 2.96. The lowest BCUT2D eigenvalue weighted by atomic mass is 9.95. The van der Waals surface area contributed by atoms with Gasteiger partial charge in [-0.25, -0.2) is 4.79 Å². The van der Waals surface area contributed by atoms with Crippen molar-refractivity contribution in [3.63, 3.8) is 0 Å². The molecule has 7 heteroatoms. The minimum absolute atomic E-state index is 0.0256. The van der Waals surface area contributed by atoms with Crippen molar-refractivity contribution in [2.75, 3.05) is 33.0 Å². The Balaban J connectivity index is 1.97. The second-order valence-electron chi connectivity index (χ2n) is 5.07. The van der Waals surface area contributed by atoms with Crippen LogP contribution in [0.2, 0.25) is 0 Å². The lowest BCUT2D eigenvalue weighted by Crippen LogP contribution is -2.28. The molecule has 1 aliphatic rings. The zero-order chi connectivity index (χ0) is 17.2. The number of aliphatic hydroxyl groups is 1. The van der Waals surface area contributed by atoms with Crippen LogP contribution in [0.4, 0.5) is 0 Å². The number of ether oxygens (including phenoxy) is 4. The van der Waals surface area contributed by atoms with Crippen molar-refractivity contribution in [1.82, 2.24) is 0 Å². The molecule has 6 nitrogen and oxygen atoms in total. The number of rotatable bonds is 10. The normalized spacial score (nSPS) is 20.1. The van der Waals surface area contributed by atoms with E-state index >= 15 is 0 Å². The maximum absolute atomic E-state index is 12.1. The number of aliphatic hydroxyl groups excluding tert-OH is 1. The first-order valence-corrected chi connectivity index (χ1v) is 8.67. The second kappa shape index (κ2) is 10.2. The first-order valence-electron chi connectivity index (χ1n) is 7.73. The first-order chi connectivity index (χ1) is 11.7. The van der Waals surface area contributed by atoms with Crippen molar-refractivity contribution in [2.24, 2.45) is 0 Å². The van der Waals surface area contributed by atoms with Crippen molar-refractivity contribution in [3.05, 3.63) is 46.9 Å². The standard InChI is InChI=1S/C17H22O6S/c1-2-5-22-17(19)15-10-14(13-3-9-24-12-13)11-16(23-15)21-8-7-20-6-4-18/h2-3,9-10,12,14,16,18H,1,4-8,11H2. The van der Waals surface area contributed by atoms with E-state index in [-0.39, 0.29) is 31.5 Å². The lowest BCUT2D eigenvalue weighted by Gasteiger charge is -2.28. The third kappa shape index (κ3) is 5.76. The molecular weight excluding hydrogens is 332 g/mol. The van der Waals surface area contributed by atoms with Crippen LogP contribution in [0.15, 0.2) is 41.3 Å². The highest BCUT2D eigenvalue weighted by atomic mass is 32.1. The lowest BCUT2D eigenvalue weighted by molar-refractivity contribution is -0.163. The molecule has 1 aromatic rings. The van der Waals surface area contributed by atoms with Crippen LogP contribution < -0.4 is 0 Å². The molecule has 1 N–H and O–H groups in total. The van der Waals surface area contributed by atoms with Gasteiger partial charge in [0.25, 0.3) is 0 Å². The number of allylic oxidation sites excluding steroid dienone is 1. The first kappa shape index (κ1) is 18.7. The van der Waals surface area contributed by atoms with Crippen LogP contribution in [0.1, 0.15) is 17.9 Å². The third-order valence-electron chi connectivity index (χ3n) is 3.33. The molecule has 0 saturated heterocycles. The number of carbonyl (C=O) groups is 1. The highest BCUT2D eigenvalue weighted by molar-refractivity contribution is 7.08. The van der Waals surface area contributed by atoms with Gasteiger partial charge in [0.15, 0.2) is 0 Å². The molecule has 1 aliphatic heterocycles. The predicted octanol–water partition coefficient (Wildman–Crippen LogP) is 2.22. The smallest absolute Gasteiger partial charge is 0.373 e. The van der Waals surface area contributed by atoms with Crippen molar-refractivity contribution in [2.45, 2.75) is 18.6 Å². The molecule has 0 bridgehead atoms. The van der Waals surface area contributed by atoms with Gasteiger partial charge in [0.05, 0.1) is 26.4 Å². The fourth-order valence-electron chi connectivity index (χ4n) is 2.23. The van der Waals surface area contributed by atoms with Gasteiger partial charge in [-0.15, -0.1) is 0 Å².